The van der Waals surface area contributed by atoms with Gasteiger partial charge in [0.25, 0.3) is 5.91 Å². The van der Waals surface area contributed by atoms with Gasteiger partial charge in [-0.2, -0.15) is 0 Å². The third kappa shape index (κ3) is 3.75. The molecule has 18 heavy (non-hydrogen) atoms. The zero-order chi connectivity index (χ0) is 13.5. The molecule has 0 saturated heterocycles. The molecule has 0 radical (unpaired) electrons. The molecule has 1 aromatic rings. The first kappa shape index (κ1) is 14.5. The molecule has 0 bridgehead atoms. The van der Waals surface area contributed by atoms with Gasteiger partial charge in [-0.15, -0.1) is 6.58 Å². The van der Waals surface area contributed by atoms with Crippen LogP contribution in [-0.4, -0.2) is 18.6 Å². The fraction of sp³-hybridized carbons (Fsp3) is 0.308. The molecule has 0 fully saturated rings. The Morgan fingerprint density at radius 2 is 2.39 bits per heavy atom. The third-order valence-corrected chi connectivity index (χ3v) is 2.73. The largest absolute Gasteiger partial charge is 0.481 e. The Labute approximate surface area is 112 Å². The SMILES string of the molecule is C=CCNC(=O)C(C)Oc1cccc(Cl)c1CN. The van der Waals surface area contributed by atoms with E-state index in [1.165, 1.54) is 0 Å². The molecule has 0 aromatic heterocycles. The second kappa shape index (κ2) is 7.03. The second-order valence-electron chi connectivity index (χ2n) is 3.71. The van der Waals surface area contributed by atoms with E-state index in [0.717, 1.165) is 0 Å². The average Bonchev–Trinajstić information content (AvgIpc) is 2.36. The number of halogens is 1. The highest BCUT2D eigenvalue weighted by Crippen LogP contribution is 2.26. The quantitative estimate of drug-likeness (QED) is 0.774. The Hall–Kier alpha value is -1.52. The van der Waals surface area contributed by atoms with Crippen LogP contribution in [0.15, 0.2) is 30.9 Å². The Morgan fingerprint density at radius 1 is 1.67 bits per heavy atom. The summed E-state index contributed by atoms with van der Waals surface area (Å²) in [6.07, 6.45) is 0.990. The lowest BCUT2D eigenvalue weighted by Gasteiger charge is -2.17. The van der Waals surface area contributed by atoms with Crippen LogP contribution < -0.4 is 15.8 Å². The van der Waals surface area contributed by atoms with Gasteiger partial charge in [0, 0.05) is 23.7 Å². The van der Waals surface area contributed by atoms with Crippen molar-refractivity contribution in [1.82, 2.24) is 5.32 Å². The van der Waals surface area contributed by atoms with Gasteiger partial charge in [-0.05, 0) is 19.1 Å². The van der Waals surface area contributed by atoms with E-state index in [1.54, 1.807) is 31.2 Å². The van der Waals surface area contributed by atoms with Crippen LogP contribution in [0.25, 0.3) is 0 Å². The molecule has 0 saturated carbocycles. The number of nitrogens with one attached hydrogen (secondary N) is 1. The Bertz CT molecular complexity index is 435. The summed E-state index contributed by atoms with van der Waals surface area (Å²) in [5, 5.41) is 3.19. The highest BCUT2D eigenvalue weighted by Gasteiger charge is 2.16. The van der Waals surface area contributed by atoms with Crippen LogP contribution in [0.2, 0.25) is 5.02 Å². The fourth-order valence-corrected chi connectivity index (χ4v) is 1.65. The summed E-state index contributed by atoms with van der Waals surface area (Å²) in [6, 6.07) is 5.23. The zero-order valence-corrected chi connectivity index (χ0v) is 11.0. The molecule has 4 nitrogen and oxygen atoms in total. The van der Waals surface area contributed by atoms with Crippen LogP contribution in [0.3, 0.4) is 0 Å². The van der Waals surface area contributed by atoms with Crippen molar-refractivity contribution in [2.45, 2.75) is 19.6 Å². The number of hydrogen-bond donors (Lipinski definition) is 2. The molecule has 3 N–H and O–H groups in total. The maximum atomic E-state index is 11.6. The highest BCUT2D eigenvalue weighted by molar-refractivity contribution is 6.31. The number of amides is 1. The number of hydrogen-bond acceptors (Lipinski definition) is 3. The molecule has 0 aliphatic heterocycles. The lowest BCUT2D eigenvalue weighted by molar-refractivity contribution is -0.127. The van der Waals surface area contributed by atoms with Crippen LogP contribution in [0, 0.1) is 0 Å². The number of carbonyl (C=O) groups is 1. The molecule has 1 amide bonds. The molecule has 0 spiro atoms. The van der Waals surface area contributed by atoms with Gasteiger partial charge in [-0.3, -0.25) is 4.79 Å². The van der Waals surface area contributed by atoms with Crippen molar-refractivity contribution in [3.8, 4) is 5.75 Å². The van der Waals surface area contributed by atoms with Crippen molar-refractivity contribution in [2.75, 3.05) is 6.54 Å². The summed E-state index contributed by atoms with van der Waals surface area (Å²) in [5.74, 6) is 0.323. The summed E-state index contributed by atoms with van der Waals surface area (Å²) in [7, 11) is 0. The van der Waals surface area contributed by atoms with Gasteiger partial charge in [0.05, 0.1) is 0 Å². The van der Waals surface area contributed by atoms with E-state index in [-0.39, 0.29) is 12.5 Å². The van der Waals surface area contributed by atoms with Crippen LogP contribution in [0.5, 0.6) is 5.75 Å². The maximum Gasteiger partial charge on any atom is 0.261 e. The molecule has 1 atom stereocenters. The standard InChI is InChI=1S/C13H17ClN2O2/c1-3-7-16-13(17)9(2)18-12-6-4-5-11(14)10(12)8-15/h3-6,9H,1,7-8,15H2,2H3,(H,16,17). The van der Waals surface area contributed by atoms with Gasteiger partial charge in [0.15, 0.2) is 6.10 Å². The number of benzene rings is 1. The van der Waals surface area contributed by atoms with Crippen molar-refractivity contribution in [1.29, 1.82) is 0 Å². The van der Waals surface area contributed by atoms with Crippen LogP contribution in [-0.2, 0) is 11.3 Å². The summed E-state index contributed by atoms with van der Waals surface area (Å²) < 4.78 is 5.57. The zero-order valence-electron chi connectivity index (χ0n) is 10.3. The molecule has 1 unspecified atom stereocenters. The van der Waals surface area contributed by atoms with Gasteiger partial charge >= 0.3 is 0 Å². The first-order chi connectivity index (χ1) is 8.60. The topological polar surface area (TPSA) is 64.3 Å². The van der Waals surface area contributed by atoms with Gasteiger partial charge in [0.1, 0.15) is 5.75 Å². The van der Waals surface area contributed by atoms with Crippen LogP contribution in [0.4, 0.5) is 0 Å². The van der Waals surface area contributed by atoms with Gasteiger partial charge in [-0.25, -0.2) is 0 Å². The van der Waals surface area contributed by atoms with Crippen molar-refractivity contribution in [3.63, 3.8) is 0 Å². The van der Waals surface area contributed by atoms with Crippen molar-refractivity contribution in [2.24, 2.45) is 5.73 Å². The van der Waals surface area contributed by atoms with E-state index >= 15 is 0 Å². The minimum absolute atomic E-state index is 0.210. The van der Waals surface area contributed by atoms with E-state index in [1.807, 2.05) is 0 Å². The molecule has 98 valence electrons. The van der Waals surface area contributed by atoms with Gasteiger partial charge < -0.3 is 15.8 Å². The monoisotopic (exact) mass is 268 g/mol. The predicted molar refractivity (Wildman–Crippen MR) is 72.6 cm³/mol. The smallest absolute Gasteiger partial charge is 0.261 e. The minimum atomic E-state index is -0.617. The predicted octanol–water partition coefficient (Wildman–Crippen LogP) is 1.87. The van der Waals surface area contributed by atoms with E-state index < -0.39 is 6.10 Å². The van der Waals surface area contributed by atoms with E-state index in [0.29, 0.717) is 22.9 Å². The summed E-state index contributed by atoms with van der Waals surface area (Å²) in [5.41, 5.74) is 6.30. The highest BCUT2D eigenvalue weighted by atomic mass is 35.5. The van der Waals surface area contributed by atoms with Gasteiger partial charge in [-0.1, -0.05) is 23.7 Å². The average molecular weight is 269 g/mol. The van der Waals surface area contributed by atoms with E-state index in [4.69, 9.17) is 22.1 Å². The van der Waals surface area contributed by atoms with E-state index in [9.17, 15) is 4.79 Å². The Morgan fingerprint density at radius 3 is 3.00 bits per heavy atom. The molecular weight excluding hydrogens is 252 g/mol. The van der Waals surface area contributed by atoms with Crippen LogP contribution in [0.1, 0.15) is 12.5 Å². The first-order valence-electron chi connectivity index (χ1n) is 5.62. The molecule has 0 aliphatic rings. The van der Waals surface area contributed by atoms with Crippen LogP contribution >= 0.6 is 11.6 Å². The molecular formula is C13H17ClN2O2. The first-order valence-corrected chi connectivity index (χ1v) is 6.00. The molecule has 5 heteroatoms. The normalized spacial score (nSPS) is 11.7. The van der Waals surface area contributed by atoms with Gasteiger partial charge in [0.2, 0.25) is 0 Å². The fourth-order valence-electron chi connectivity index (χ4n) is 1.41. The Balaban J connectivity index is 2.75. The Kier molecular flexibility index (Phi) is 5.68. The number of carbonyl (C=O) groups excluding carboxylic acids is 1. The number of ether oxygens (including phenoxy) is 1. The minimum Gasteiger partial charge on any atom is -0.481 e. The molecule has 0 aliphatic carbocycles. The lowest BCUT2D eigenvalue weighted by Crippen LogP contribution is -2.36. The third-order valence-electron chi connectivity index (χ3n) is 2.37. The summed E-state index contributed by atoms with van der Waals surface area (Å²) >= 11 is 6.00. The maximum absolute atomic E-state index is 11.6. The lowest BCUT2D eigenvalue weighted by atomic mass is 10.2. The van der Waals surface area contributed by atoms with Crippen molar-refractivity contribution in [3.05, 3.63) is 41.4 Å². The number of rotatable bonds is 6. The van der Waals surface area contributed by atoms with Crippen molar-refractivity contribution >= 4 is 17.5 Å². The molecule has 1 rings (SSSR count). The molecule has 1 aromatic carbocycles. The molecule has 0 heterocycles. The number of nitrogens with two attached hydrogens (primary N) is 1. The second-order valence-corrected chi connectivity index (χ2v) is 4.12. The van der Waals surface area contributed by atoms with Crippen molar-refractivity contribution < 1.29 is 9.53 Å². The summed E-state index contributed by atoms with van der Waals surface area (Å²) in [4.78, 5) is 11.6. The summed E-state index contributed by atoms with van der Waals surface area (Å²) in [6.45, 7) is 5.86. The van der Waals surface area contributed by atoms with E-state index in [2.05, 4.69) is 11.9 Å².